The number of hydrogen-bond acceptors (Lipinski definition) is 5. The van der Waals surface area contributed by atoms with Gasteiger partial charge in [-0.25, -0.2) is 0 Å². The van der Waals surface area contributed by atoms with Crippen molar-refractivity contribution in [3.63, 3.8) is 0 Å². The number of carbonyl (C=O) groups is 1. The lowest BCUT2D eigenvalue weighted by molar-refractivity contribution is -0.122. The highest BCUT2D eigenvalue weighted by atomic mass is 16.5. The summed E-state index contributed by atoms with van der Waals surface area (Å²) in [7, 11) is 1.64. The standard InChI is InChI=1S/C21H27N3O3/c1-26-19-8-7-15(10-20(19)27-14-16-4-3-9-23-12-16)13-24-18-6-2-5-17(11-18)21(22)25/h3-4,7-10,12,17-18,24H,2,5-6,11,13-14H2,1H3,(H2,22,25). The van der Waals surface area contributed by atoms with Crippen molar-refractivity contribution < 1.29 is 14.3 Å². The van der Waals surface area contributed by atoms with Crippen LogP contribution < -0.4 is 20.5 Å². The molecule has 0 saturated heterocycles. The van der Waals surface area contributed by atoms with Crippen LogP contribution in [0.3, 0.4) is 0 Å². The second-order valence-corrected chi connectivity index (χ2v) is 6.98. The van der Waals surface area contributed by atoms with Gasteiger partial charge in [-0.2, -0.15) is 0 Å². The molecule has 1 heterocycles. The van der Waals surface area contributed by atoms with E-state index in [1.165, 1.54) is 0 Å². The van der Waals surface area contributed by atoms with Crippen LogP contribution in [0.5, 0.6) is 11.5 Å². The molecule has 1 saturated carbocycles. The Morgan fingerprint density at radius 1 is 1.26 bits per heavy atom. The molecule has 2 unspecified atom stereocenters. The molecule has 2 atom stereocenters. The van der Waals surface area contributed by atoms with Crippen molar-refractivity contribution in [1.29, 1.82) is 0 Å². The van der Waals surface area contributed by atoms with Crippen LogP contribution in [0.2, 0.25) is 0 Å². The summed E-state index contributed by atoms with van der Waals surface area (Å²) in [5, 5.41) is 3.55. The number of hydrogen-bond donors (Lipinski definition) is 2. The second-order valence-electron chi connectivity index (χ2n) is 6.98. The predicted molar refractivity (Wildman–Crippen MR) is 103 cm³/mol. The van der Waals surface area contributed by atoms with E-state index in [2.05, 4.69) is 10.3 Å². The molecule has 1 amide bonds. The van der Waals surface area contributed by atoms with Gasteiger partial charge >= 0.3 is 0 Å². The molecule has 0 radical (unpaired) electrons. The minimum atomic E-state index is -0.183. The molecule has 27 heavy (non-hydrogen) atoms. The number of pyridine rings is 1. The first-order chi connectivity index (χ1) is 13.2. The number of carbonyl (C=O) groups excluding carboxylic acids is 1. The zero-order valence-electron chi connectivity index (χ0n) is 15.7. The number of primary amides is 1. The fourth-order valence-electron chi connectivity index (χ4n) is 3.48. The van der Waals surface area contributed by atoms with Gasteiger partial charge in [0.1, 0.15) is 6.61 Å². The summed E-state index contributed by atoms with van der Waals surface area (Å²) in [6.07, 6.45) is 7.36. The van der Waals surface area contributed by atoms with Crippen molar-refractivity contribution in [2.45, 2.75) is 44.9 Å². The molecular weight excluding hydrogens is 342 g/mol. The fourth-order valence-corrected chi connectivity index (χ4v) is 3.48. The number of nitrogens with one attached hydrogen (secondary N) is 1. The van der Waals surface area contributed by atoms with Crippen molar-refractivity contribution in [3.05, 3.63) is 53.9 Å². The van der Waals surface area contributed by atoms with Crippen molar-refractivity contribution in [3.8, 4) is 11.5 Å². The Labute approximate surface area is 160 Å². The third-order valence-corrected chi connectivity index (χ3v) is 5.02. The van der Waals surface area contributed by atoms with Gasteiger partial charge < -0.3 is 20.5 Å². The Bertz CT molecular complexity index is 752. The van der Waals surface area contributed by atoms with Gasteiger partial charge in [0, 0.05) is 36.5 Å². The second kappa shape index (κ2) is 9.37. The van der Waals surface area contributed by atoms with Crippen molar-refractivity contribution in [2.75, 3.05) is 7.11 Å². The summed E-state index contributed by atoms with van der Waals surface area (Å²) in [4.78, 5) is 15.5. The molecule has 1 fully saturated rings. The van der Waals surface area contributed by atoms with Gasteiger partial charge in [-0.05, 0) is 43.0 Å². The largest absolute Gasteiger partial charge is 0.493 e. The van der Waals surface area contributed by atoms with E-state index in [9.17, 15) is 4.79 Å². The number of amides is 1. The van der Waals surface area contributed by atoms with Crippen LogP contribution in [0.25, 0.3) is 0 Å². The number of nitrogens with two attached hydrogens (primary N) is 1. The van der Waals surface area contributed by atoms with Gasteiger partial charge in [0.05, 0.1) is 7.11 Å². The van der Waals surface area contributed by atoms with E-state index in [4.69, 9.17) is 15.2 Å². The maximum absolute atomic E-state index is 11.4. The van der Waals surface area contributed by atoms with E-state index in [0.717, 1.165) is 36.8 Å². The summed E-state index contributed by atoms with van der Waals surface area (Å²) in [6.45, 7) is 1.15. The summed E-state index contributed by atoms with van der Waals surface area (Å²) < 4.78 is 11.4. The average molecular weight is 369 g/mol. The molecule has 1 aliphatic carbocycles. The van der Waals surface area contributed by atoms with Crippen LogP contribution in [-0.2, 0) is 17.9 Å². The lowest BCUT2D eigenvalue weighted by Crippen LogP contribution is -2.38. The maximum atomic E-state index is 11.4. The minimum absolute atomic E-state index is 0.00880. The number of nitrogens with zero attached hydrogens (tertiary/aromatic N) is 1. The Kier molecular flexibility index (Phi) is 6.65. The van der Waals surface area contributed by atoms with E-state index >= 15 is 0 Å². The van der Waals surface area contributed by atoms with E-state index in [1.54, 1.807) is 19.5 Å². The molecule has 3 N–H and O–H groups in total. The molecule has 3 rings (SSSR count). The molecule has 1 aliphatic rings. The highest BCUT2D eigenvalue weighted by molar-refractivity contribution is 5.76. The number of benzene rings is 1. The van der Waals surface area contributed by atoms with Gasteiger partial charge in [-0.15, -0.1) is 0 Å². The van der Waals surface area contributed by atoms with E-state index in [0.29, 0.717) is 30.7 Å². The zero-order valence-corrected chi connectivity index (χ0v) is 15.7. The molecular formula is C21H27N3O3. The topological polar surface area (TPSA) is 86.5 Å². The van der Waals surface area contributed by atoms with Crippen molar-refractivity contribution in [2.24, 2.45) is 11.7 Å². The third kappa shape index (κ3) is 5.44. The summed E-state index contributed by atoms with van der Waals surface area (Å²) >= 11 is 0. The normalized spacial score (nSPS) is 19.4. The van der Waals surface area contributed by atoms with Gasteiger partial charge in [0.2, 0.25) is 5.91 Å². The molecule has 1 aromatic heterocycles. The molecule has 6 heteroatoms. The first-order valence-electron chi connectivity index (χ1n) is 9.37. The Hall–Kier alpha value is -2.60. The molecule has 144 valence electrons. The van der Waals surface area contributed by atoms with Crippen molar-refractivity contribution in [1.82, 2.24) is 10.3 Å². The van der Waals surface area contributed by atoms with E-state index in [-0.39, 0.29) is 11.8 Å². The Morgan fingerprint density at radius 3 is 2.89 bits per heavy atom. The van der Waals surface area contributed by atoms with Crippen LogP contribution in [0.15, 0.2) is 42.7 Å². The summed E-state index contributed by atoms with van der Waals surface area (Å²) in [5.41, 5.74) is 7.58. The van der Waals surface area contributed by atoms with Crippen LogP contribution in [0.1, 0.15) is 36.8 Å². The Balaban J connectivity index is 1.60. The summed E-state index contributed by atoms with van der Waals surface area (Å²) in [6, 6.07) is 10.1. The smallest absolute Gasteiger partial charge is 0.220 e. The summed E-state index contributed by atoms with van der Waals surface area (Å²) in [5.74, 6) is 1.22. The molecule has 6 nitrogen and oxygen atoms in total. The lowest BCUT2D eigenvalue weighted by atomic mass is 9.85. The van der Waals surface area contributed by atoms with Crippen LogP contribution in [0.4, 0.5) is 0 Å². The predicted octanol–water partition coefficient (Wildman–Crippen LogP) is 2.80. The molecule has 2 aromatic rings. The lowest BCUT2D eigenvalue weighted by Gasteiger charge is -2.28. The Morgan fingerprint density at radius 2 is 2.15 bits per heavy atom. The quantitative estimate of drug-likeness (QED) is 0.747. The van der Waals surface area contributed by atoms with Gasteiger partial charge in [0.25, 0.3) is 0 Å². The van der Waals surface area contributed by atoms with Gasteiger partial charge in [0.15, 0.2) is 11.5 Å². The van der Waals surface area contributed by atoms with Crippen molar-refractivity contribution >= 4 is 5.91 Å². The van der Waals surface area contributed by atoms with Gasteiger partial charge in [-0.1, -0.05) is 18.6 Å². The monoisotopic (exact) mass is 369 g/mol. The highest BCUT2D eigenvalue weighted by Gasteiger charge is 2.25. The average Bonchev–Trinajstić information content (AvgIpc) is 2.71. The first kappa shape index (κ1) is 19.2. The molecule has 0 aliphatic heterocycles. The third-order valence-electron chi connectivity index (χ3n) is 5.02. The first-order valence-corrected chi connectivity index (χ1v) is 9.37. The minimum Gasteiger partial charge on any atom is -0.493 e. The number of rotatable bonds is 8. The number of methoxy groups -OCH3 is 1. The van der Waals surface area contributed by atoms with Crippen LogP contribution >= 0.6 is 0 Å². The van der Waals surface area contributed by atoms with E-state index in [1.807, 2.05) is 30.3 Å². The maximum Gasteiger partial charge on any atom is 0.220 e. The van der Waals surface area contributed by atoms with Crippen LogP contribution in [0, 0.1) is 5.92 Å². The fraction of sp³-hybridized carbons (Fsp3) is 0.429. The molecule has 1 aromatic carbocycles. The molecule has 0 bridgehead atoms. The number of aromatic nitrogens is 1. The highest BCUT2D eigenvalue weighted by Crippen LogP contribution is 2.29. The zero-order chi connectivity index (χ0) is 19.1. The number of ether oxygens (including phenoxy) is 2. The van der Waals surface area contributed by atoms with Gasteiger partial charge in [-0.3, -0.25) is 9.78 Å². The van der Waals surface area contributed by atoms with E-state index < -0.39 is 0 Å². The van der Waals surface area contributed by atoms with Crippen LogP contribution in [-0.4, -0.2) is 24.0 Å². The SMILES string of the molecule is COc1ccc(CNC2CCCC(C(N)=O)C2)cc1OCc1cccnc1. The molecule has 0 spiro atoms.